The van der Waals surface area contributed by atoms with Gasteiger partial charge < -0.3 is 9.47 Å². The number of allylic oxidation sites excluding steroid dienone is 1. The molecular weight excluding hydrogens is 308 g/mol. The van der Waals surface area contributed by atoms with Crippen molar-refractivity contribution in [2.45, 2.75) is 0 Å². The molecule has 0 radical (unpaired) electrons. The molecule has 1 aromatic heterocycles. The number of carbonyl (C=O) groups excluding carboxylic acids is 1. The molecule has 1 aliphatic rings. The molecule has 0 aliphatic carbocycles. The van der Waals surface area contributed by atoms with Gasteiger partial charge in [-0.1, -0.05) is 30.3 Å². The fraction of sp³-hybridized carbons (Fsp3) is 0.0588. The van der Waals surface area contributed by atoms with Crippen molar-refractivity contribution in [1.29, 1.82) is 0 Å². The molecule has 7 nitrogen and oxygen atoms in total. The molecule has 0 atom stereocenters. The number of methoxy groups -OCH3 is 1. The summed E-state index contributed by atoms with van der Waals surface area (Å²) in [7, 11) is 1.52. The molecule has 7 heteroatoms. The number of nitrogens with one attached hydrogen (secondary N) is 1. The largest absolute Gasteiger partial charge is 0.496 e. The number of ether oxygens (including phenoxy) is 2. The fourth-order valence-electron chi connectivity index (χ4n) is 2.62. The van der Waals surface area contributed by atoms with Crippen molar-refractivity contribution in [2.24, 2.45) is 0 Å². The first-order valence-electron chi connectivity index (χ1n) is 7.22. The minimum atomic E-state index is -0.243. The number of Topliss-reactive ketones (excluding diaryl/α,β-unsaturated/α-hetero) is 1. The minimum Gasteiger partial charge on any atom is -0.496 e. The zero-order valence-electron chi connectivity index (χ0n) is 12.7. The third kappa shape index (κ3) is 2.23. The van der Waals surface area contributed by atoms with Crippen LogP contribution < -0.4 is 9.47 Å². The molecule has 0 spiro atoms. The quantitative estimate of drug-likeness (QED) is 0.746. The van der Waals surface area contributed by atoms with Crippen LogP contribution in [0.3, 0.4) is 0 Å². The van der Waals surface area contributed by atoms with Crippen molar-refractivity contribution < 1.29 is 14.3 Å². The lowest BCUT2D eigenvalue weighted by atomic mass is 10.0. The van der Waals surface area contributed by atoms with E-state index in [0.29, 0.717) is 22.6 Å². The van der Waals surface area contributed by atoms with Gasteiger partial charge in [0.25, 0.3) is 0 Å². The van der Waals surface area contributed by atoms with E-state index in [-0.39, 0.29) is 17.4 Å². The maximum atomic E-state index is 12.9. The number of rotatable bonds is 3. The smallest absolute Gasteiger partial charge is 0.232 e. The van der Waals surface area contributed by atoms with Crippen LogP contribution in [0.4, 0.5) is 0 Å². The number of benzene rings is 2. The zero-order valence-corrected chi connectivity index (χ0v) is 12.7. The van der Waals surface area contributed by atoms with Crippen molar-refractivity contribution >= 4 is 11.9 Å². The Balaban J connectivity index is 1.85. The number of aromatic amines is 1. The van der Waals surface area contributed by atoms with Gasteiger partial charge in [-0.15, -0.1) is 10.2 Å². The number of tetrazole rings is 1. The number of hydrogen-bond donors (Lipinski definition) is 1. The van der Waals surface area contributed by atoms with E-state index in [0.717, 1.165) is 5.56 Å². The molecule has 3 aromatic rings. The molecule has 118 valence electrons. The first kappa shape index (κ1) is 14.1. The van der Waals surface area contributed by atoms with Crippen LogP contribution in [-0.2, 0) is 0 Å². The number of carbonyl (C=O) groups is 1. The monoisotopic (exact) mass is 320 g/mol. The first-order chi connectivity index (χ1) is 11.8. The molecule has 0 unspecified atom stereocenters. The predicted octanol–water partition coefficient (Wildman–Crippen LogP) is 2.49. The number of aromatic nitrogens is 4. The van der Waals surface area contributed by atoms with Crippen LogP contribution >= 0.6 is 0 Å². The molecule has 0 bridgehead atoms. The normalized spacial score (nSPS) is 14.5. The van der Waals surface area contributed by atoms with Crippen LogP contribution in [0.1, 0.15) is 15.9 Å². The van der Waals surface area contributed by atoms with E-state index >= 15 is 0 Å². The number of fused-ring (bicyclic) bond motifs is 1. The van der Waals surface area contributed by atoms with Gasteiger partial charge in [0.05, 0.1) is 18.2 Å². The van der Waals surface area contributed by atoms with Crippen LogP contribution in [0, 0.1) is 0 Å². The van der Waals surface area contributed by atoms with Crippen molar-refractivity contribution in [3.63, 3.8) is 0 Å². The highest BCUT2D eigenvalue weighted by Gasteiger charge is 2.34. The fourth-order valence-corrected chi connectivity index (χ4v) is 2.62. The lowest BCUT2D eigenvalue weighted by Gasteiger charge is -2.07. The Kier molecular flexibility index (Phi) is 3.31. The topological polar surface area (TPSA) is 90.0 Å². The Morgan fingerprint density at radius 1 is 1.12 bits per heavy atom. The van der Waals surface area contributed by atoms with Crippen LogP contribution in [0.2, 0.25) is 0 Å². The van der Waals surface area contributed by atoms with E-state index in [2.05, 4.69) is 20.6 Å². The lowest BCUT2D eigenvalue weighted by molar-refractivity contribution is 0.101. The van der Waals surface area contributed by atoms with Gasteiger partial charge in [-0.3, -0.25) is 4.79 Å². The third-order valence-corrected chi connectivity index (χ3v) is 3.69. The van der Waals surface area contributed by atoms with E-state index in [1.165, 1.54) is 7.11 Å². The Labute approximate surface area is 136 Å². The van der Waals surface area contributed by atoms with Crippen LogP contribution in [-0.4, -0.2) is 33.5 Å². The second-order valence-electron chi connectivity index (χ2n) is 5.10. The molecule has 1 aliphatic heterocycles. The number of hydrogen-bond acceptors (Lipinski definition) is 6. The van der Waals surface area contributed by atoms with Gasteiger partial charge in [-0.25, -0.2) is 0 Å². The second kappa shape index (κ2) is 5.62. The van der Waals surface area contributed by atoms with Gasteiger partial charge in [0.2, 0.25) is 11.6 Å². The first-order valence-corrected chi connectivity index (χ1v) is 7.22. The van der Waals surface area contributed by atoms with Crippen LogP contribution in [0.25, 0.3) is 17.5 Å². The Bertz CT molecular complexity index is 934. The van der Waals surface area contributed by atoms with E-state index < -0.39 is 0 Å². The molecule has 0 amide bonds. The van der Waals surface area contributed by atoms with Crippen LogP contribution in [0.5, 0.6) is 11.5 Å². The van der Waals surface area contributed by atoms with Gasteiger partial charge in [0.15, 0.2) is 5.76 Å². The summed E-state index contributed by atoms with van der Waals surface area (Å²) in [5.74, 6) is 1.21. The van der Waals surface area contributed by atoms with Gasteiger partial charge in [0, 0.05) is 0 Å². The molecule has 0 saturated carbocycles. The summed E-state index contributed by atoms with van der Waals surface area (Å²) in [5, 5.41) is 13.9. The summed E-state index contributed by atoms with van der Waals surface area (Å²) in [5.41, 5.74) is 1.71. The summed E-state index contributed by atoms with van der Waals surface area (Å²) < 4.78 is 11.1. The molecule has 2 aromatic carbocycles. The zero-order chi connectivity index (χ0) is 16.5. The average molecular weight is 320 g/mol. The average Bonchev–Trinajstić information content (AvgIpc) is 3.24. The molecule has 24 heavy (non-hydrogen) atoms. The molecule has 0 fully saturated rings. The Hall–Kier alpha value is -3.48. The van der Waals surface area contributed by atoms with Crippen molar-refractivity contribution in [2.75, 3.05) is 7.11 Å². The highest BCUT2D eigenvalue weighted by Crippen LogP contribution is 2.42. The number of H-pyrrole nitrogens is 1. The predicted molar refractivity (Wildman–Crippen MR) is 85.5 cm³/mol. The minimum absolute atomic E-state index is 0.243. The molecular formula is C17H12N4O3. The molecule has 0 saturated heterocycles. The summed E-state index contributed by atoms with van der Waals surface area (Å²) in [6.45, 7) is 0. The standard InChI is InChI=1S/C17H12N4O3/c1-23-11-7-8-12-14(15(11)17-18-20-21-19-17)16(22)13(24-12)9-10-5-3-2-4-6-10/h2-9H,1H3,(H,18,19,20,21)/b13-9-. The van der Waals surface area contributed by atoms with Gasteiger partial charge in [0.1, 0.15) is 11.5 Å². The highest BCUT2D eigenvalue weighted by molar-refractivity contribution is 6.18. The van der Waals surface area contributed by atoms with Crippen molar-refractivity contribution in [3.05, 3.63) is 59.4 Å². The van der Waals surface area contributed by atoms with Gasteiger partial charge in [-0.05, 0) is 29.0 Å². The summed E-state index contributed by atoms with van der Waals surface area (Å²) in [4.78, 5) is 12.9. The van der Waals surface area contributed by atoms with E-state index in [4.69, 9.17) is 9.47 Å². The maximum absolute atomic E-state index is 12.9. The summed E-state index contributed by atoms with van der Waals surface area (Å²) >= 11 is 0. The van der Waals surface area contributed by atoms with Crippen molar-refractivity contribution in [3.8, 4) is 22.9 Å². The highest BCUT2D eigenvalue weighted by atomic mass is 16.5. The van der Waals surface area contributed by atoms with Crippen LogP contribution in [0.15, 0.2) is 48.2 Å². The molecule has 2 heterocycles. The van der Waals surface area contributed by atoms with Gasteiger partial charge in [-0.2, -0.15) is 5.21 Å². The summed E-state index contributed by atoms with van der Waals surface area (Å²) in [6.07, 6.45) is 1.70. The SMILES string of the molecule is COc1ccc2c(c1-c1nn[nH]n1)C(=O)/C(=C/c1ccccc1)O2. The van der Waals surface area contributed by atoms with E-state index in [1.807, 2.05) is 30.3 Å². The van der Waals surface area contributed by atoms with Gasteiger partial charge >= 0.3 is 0 Å². The lowest BCUT2D eigenvalue weighted by Crippen LogP contribution is -2.01. The number of nitrogens with zero attached hydrogens (tertiary/aromatic N) is 3. The van der Waals surface area contributed by atoms with Crippen molar-refractivity contribution in [1.82, 2.24) is 20.6 Å². The van der Waals surface area contributed by atoms with E-state index in [9.17, 15) is 4.79 Å². The van der Waals surface area contributed by atoms with E-state index in [1.54, 1.807) is 18.2 Å². The molecule has 1 N–H and O–H groups in total. The Morgan fingerprint density at radius 3 is 2.67 bits per heavy atom. The second-order valence-corrected chi connectivity index (χ2v) is 5.10. The number of ketones is 1. The molecule has 4 rings (SSSR count). The Morgan fingerprint density at radius 2 is 1.96 bits per heavy atom. The third-order valence-electron chi connectivity index (χ3n) is 3.69. The maximum Gasteiger partial charge on any atom is 0.232 e. The summed E-state index contributed by atoms with van der Waals surface area (Å²) in [6, 6.07) is 12.9.